The minimum atomic E-state index is -3.68. The number of nitriles is 1. The molecule has 0 aliphatic heterocycles. The molecule has 0 spiro atoms. The Morgan fingerprint density at radius 3 is 2.60 bits per heavy atom. The summed E-state index contributed by atoms with van der Waals surface area (Å²) in [5.41, 5.74) is 4.70. The van der Waals surface area contributed by atoms with Gasteiger partial charge in [0.2, 0.25) is 0 Å². The Morgan fingerprint density at radius 2 is 2.13 bits per heavy atom. The van der Waals surface area contributed by atoms with Crippen LogP contribution >= 0.6 is 0 Å². The van der Waals surface area contributed by atoms with E-state index in [9.17, 15) is 12.8 Å². The number of sulfone groups is 1. The van der Waals surface area contributed by atoms with Crippen molar-refractivity contribution >= 4 is 15.5 Å². The number of hydrogen-bond acceptors (Lipinski definition) is 4. The molecule has 0 radical (unpaired) electrons. The number of anilines is 1. The number of nitrogens with zero attached hydrogens (tertiary/aromatic N) is 1. The van der Waals surface area contributed by atoms with Gasteiger partial charge in [-0.1, -0.05) is 6.92 Å². The van der Waals surface area contributed by atoms with Crippen molar-refractivity contribution in [3.8, 4) is 6.07 Å². The molecule has 0 aliphatic rings. The van der Waals surface area contributed by atoms with E-state index in [1.807, 2.05) is 0 Å². The molecule has 0 fully saturated rings. The first-order valence-corrected chi connectivity index (χ1v) is 5.80. The number of halogens is 1. The molecule has 15 heavy (non-hydrogen) atoms. The molecule has 0 bridgehead atoms. The van der Waals surface area contributed by atoms with Crippen LogP contribution in [-0.4, -0.2) is 14.2 Å². The van der Waals surface area contributed by atoms with Gasteiger partial charge in [-0.15, -0.1) is 0 Å². The van der Waals surface area contributed by atoms with Gasteiger partial charge in [0, 0.05) is 0 Å². The molecule has 0 saturated heterocycles. The first-order chi connectivity index (χ1) is 6.94. The van der Waals surface area contributed by atoms with E-state index in [-0.39, 0.29) is 11.3 Å². The number of hydrogen-bond donors (Lipinski definition) is 1. The highest BCUT2D eigenvalue weighted by Crippen LogP contribution is 2.26. The van der Waals surface area contributed by atoms with Crippen LogP contribution in [0.5, 0.6) is 0 Å². The average Bonchev–Trinajstić information content (AvgIpc) is 2.21. The van der Waals surface area contributed by atoms with Gasteiger partial charge in [-0.3, -0.25) is 0 Å². The van der Waals surface area contributed by atoms with Crippen molar-refractivity contribution in [3.05, 3.63) is 23.5 Å². The molecule has 0 heterocycles. The zero-order valence-electron chi connectivity index (χ0n) is 7.99. The molecule has 1 aromatic rings. The lowest BCUT2D eigenvalue weighted by Crippen LogP contribution is -2.10. The largest absolute Gasteiger partial charge is 0.395 e. The third-order valence-electron chi connectivity index (χ3n) is 1.95. The molecule has 6 heteroatoms. The van der Waals surface area contributed by atoms with E-state index in [1.54, 1.807) is 6.07 Å². The Labute approximate surface area is 87.0 Å². The zero-order valence-corrected chi connectivity index (χ0v) is 8.81. The lowest BCUT2D eigenvalue weighted by atomic mass is 10.2. The van der Waals surface area contributed by atoms with Gasteiger partial charge in [0.15, 0.2) is 9.84 Å². The fourth-order valence-corrected chi connectivity index (χ4v) is 2.31. The minimum Gasteiger partial charge on any atom is -0.395 e. The van der Waals surface area contributed by atoms with Gasteiger partial charge in [-0.05, 0) is 12.1 Å². The molecule has 2 N–H and O–H groups in total. The normalized spacial score (nSPS) is 11.0. The number of rotatable bonds is 2. The molecular formula is C9H9FN2O2S. The van der Waals surface area contributed by atoms with Crippen molar-refractivity contribution in [3.63, 3.8) is 0 Å². The second-order valence-corrected chi connectivity index (χ2v) is 5.07. The molecule has 80 valence electrons. The molecular weight excluding hydrogens is 219 g/mol. The van der Waals surface area contributed by atoms with Gasteiger partial charge < -0.3 is 5.73 Å². The lowest BCUT2D eigenvalue weighted by Gasteiger charge is -2.07. The van der Waals surface area contributed by atoms with Crippen LogP contribution in [0.4, 0.5) is 10.1 Å². The zero-order chi connectivity index (χ0) is 11.6. The van der Waals surface area contributed by atoms with E-state index in [0.29, 0.717) is 0 Å². The molecule has 0 unspecified atom stereocenters. The fraction of sp³-hybridized carbons (Fsp3) is 0.222. The van der Waals surface area contributed by atoms with Crippen molar-refractivity contribution in [2.75, 3.05) is 11.5 Å². The Balaban J connectivity index is 3.67. The van der Waals surface area contributed by atoms with Crippen LogP contribution < -0.4 is 5.73 Å². The van der Waals surface area contributed by atoms with Crippen LogP contribution in [0.25, 0.3) is 0 Å². The second kappa shape index (κ2) is 3.87. The summed E-state index contributed by atoms with van der Waals surface area (Å²) in [6, 6.07) is 3.76. The fourth-order valence-electron chi connectivity index (χ4n) is 1.14. The van der Waals surface area contributed by atoms with Crippen LogP contribution in [0.15, 0.2) is 17.0 Å². The van der Waals surface area contributed by atoms with E-state index < -0.39 is 26.2 Å². The monoisotopic (exact) mass is 228 g/mol. The maximum absolute atomic E-state index is 13.1. The summed E-state index contributed by atoms with van der Waals surface area (Å²) in [7, 11) is -3.68. The average molecular weight is 228 g/mol. The Morgan fingerprint density at radius 1 is 1.53 bits per heavy atom. The van der Waals surface area contributed by atoms with Gasteiger partial charge in [0.1, 0.15) is 16.8 Å². The highest BCUT2D eigenvalue weighted by Gasteiger charge is 2.22. The van der Waals surface area contributed by atoms with Crippen molar-refractivity contribution < 1.29 is 12.8 Å². The summed E-state index contributed by atoms with van der Waals surface area (Å²) < 4.78 is 36.2. The van der Waals surface area contributed by atoms with Gasteiger partial charge >= 0.3 is 0 Å². The summed E-state index contributed by atoms with van der Waals surface area (Å²) in [5.74, 6) is -1.06. The predicted octanol–water partition coefficient (Wildman–Crippen LogP) is 1.07. The van der Waals surface area contributed by atoms with Crippen LogP contribution in [0.3, 0.4) is 0 Å². The van der Waals surface area contributed by atoms with Crippen LogP contribution in [-0.2, 0) is 9.84 Å². The van der Waals surface area contributed by atoms with Crippen molar-refractivity contribution in [1.82, 2.24) is 0 Å². The minimum absolute atomic E-state index is 0.129. The van der Waals surface area contributed by atoms with Crippen molar-refractivity contribution in [2.24, 2.45) is 0 Å². The molecule has 1 aromatic carbocycles. The van der Waals surface area contributed by atoms with Crippen LogP contribution in [0.1, 0.15) is 12.5 Å². The van der Waals surface area contributed by atoms with E-state index in [2.05, 4.69) is 0 Å². The summed E-state index contributed by atoms with van der Waals surface area (Å²) in [4.78, 5) is -0.410. The summed E-state index contributed by atoms with van der Waals surface area (Å²) in [6.07, 6.45) is 0. The third-order valence-corrected chi connectivity index (χ3v) is 3.78. The predicted molar refractivity (Wildman–Crippen MR) is 53.3 cm³/mol. The van der Waals surface area contributed by atoms with Crippen molar-refractivity contribution in [1.29, 1.82) is 5.26 Å². The second-order valence-electron chi connectivity index (χ2n) is 2.85. The Bertz CT molecular complexity index is 532. The SMILES string of the molecule is CCS(=O)(=O)c1c(C#N)ccc(F)c1N. The summed E-state index contributed by atoms with van der Waals surface area (Å²) in [6.45, 7) is 1.40. The van der Waals surface area contributed by atoms with Crippen LogP contribution in [0.2, 0.25) is 0 Å². The van der Waals surface area contributed by atoms with Crippen molar-refractivity contribution in [2.45, 2.75) is 11.8 Å². The number of benzene rings is 1. The Hall–Kier alpha value is -1.61. The molecule has 1 rings (SSSR count). The smallest absolute Gasteiger partial charge is 0.181 e. The molecule has 0 aromatic heterocycles. The molecule has 0 aliphatic carbocycles. The molecule has 0 atom stereocenters. The topological polar surface area (TPSA) is 84.0 Å². The Kier molecular flexibility index (Phi) is 2.95. The van der Waals surface area contributed by atoms with Gasteiger partial charge in [-0.2, -0.15) is 5.26 Å². The first-order valence-electron chi connectivity index (χ1n) is 4.15. The summed E-state index contributed by atoms with van der Waals surface area (Å²) >= 11 is 0. The van der Waals surface area contributed by atoms with E-state index in [0.717, 1.165) is 12.1 Å². The van der Waals surface area contributed by atoms with Gasteiger partial charge in [0.05, 0.1) is 17.0 Å². The highest BCUT2D eigenvalue weighted by molar-refractivity contribution is 7.91. The van der Waals surface area contributed by atoms with Crippen LogP contribution in [0, 0.1) is 17.1 Å². The first kappa shape index (κ1) is 11.5. The van der Waals surface area contributed by atoms with E-state index in [1.165, 1.54) is 6.92 Å². The lowest BCUT2D eigenvalue weighted by molar-refractivity contribution is 0.593. The molecule has 0 saturated carbocycles. The standard InChI is InChI=1S/C9H9FN2O2S/c1-2-15(13,14)9-6(5-11)3-4-7(10)8(9)12/h3-4H,2,12H2,1H3. The quantitative estimate of drug-likeness (QED) is 0.767. The maximum Gasteiger partial charge on any atom is 0.181 e. The van der Waals surface area contributed by atoms with Gasteiger partial charge in [-0.25, -0.2) is 12.8 Å². The molecule has 0 amide bonds. The molecule has 4 nitrogen and oxygen atoms in total. The highest BCUT2D eigenvalue weighted by atomic mass is 32.2. The van der Waals surface area contributed by atoms with E-state index in [4.69, 9.17) is 11.0 Å². The number of nitrogens with two attached hydrogens (primary N) is 1. The van der Waals surface area contributed by atoms with Gasteiger partial charge in [0.25, 0.3) is 0 Å². The van der Waals surface area contributed by atoms with E-state index >= 15 is 0 Å². The summed E-state index contributed by atoms with van der Waals surface area (Å²) in [5, 5.41) is 8.70. The third kappa shape index (κ3) is 1.92. The number of nitrogen functional groups attached to an aromatic ring is 1. The maximum atomic E-state index is 13.1.